The van der Waals surface area contributed by atoms with Gasteiger partial charge in [-0.2, -0.15) is 5.10 Å². The number of nitrogens with one attached hydrogen (secondary N) is 2. The van der Waals surface area contributed by atoms with Gasteiger partial charge in [-0.15, -0.1) is 0 Å². The number of hydrogen-bond donors (Lipinski definition) is 3. The highest BCUT2D eigenvalue weighted by atomic mass is 127. The molecule has 166 valence electrons. The van der Waals surface area contributed by atoms with Gasteiger partial charge in [-0.3, -0.25) is 9.59 Å². The van der Waals surface area contributed by atoms with Crippen LogP contribution in [0.15, 0.2) is 77.5 Å². The van der Waals surface area contributed by atoms with Crippen molar-refractivity contribution < 1.29 is 24.2 Å². The van der Waals surface area contributed by atoms with Crippen molar-refractivity contribution in [3.63, 3.8) is 0 Å². The van der Waals surface area contributed by atoms with Gasteiger partial charge in [-0.1, -0.05) is 24.3 Å². The van der Waals surface area contributed by atoms with E-state index < -0.39 is 11.8 Å². The fourth-order valence-electron chi connectivity index (χ4n) is 2.96. The lowest BCUT2D eigenvalue weighted by atomic mass is 10.1. The van der Waals surface area contributed by atoms with E-state index >= 15 is 0 Å². The van der Waals surface area contributed by atoms with Gasteiger partial charge in [0.25, 0.3) is 11.8 Å². The van der Waals surface area contributed by atoms with Crippen LogP contribution in [0.1, 0.15) is 21.5 Å². The second-order valence-electron chi connectivity index (χ2n) is 6.89. The van der Waals surface area contributed by atoms with Crippen molar-refractivity contribution in [2.24, 2.45) is 5.10 Å². The first-order valence-electron chi connectivity index (χ1n) is 9.79. The summed E-state index contributed by atoms with van der Waals surface area (Å²) < 4.78 is 11.6. The molecule has 3 aromatic rings. The zero-order chi connectivity index (χ0) is 23.2. The number of hydrazone groups is 1. The molecule has 0 unspecified atom stereocenters. The van der Waals surface area contributed by atoms with Crippen LogP contribution in [0.2, 0.25) is 0 Å². The lowest BCUT2D eigenvalue weighted by molar-refractivity contribution is -0.117. The summed E-state index contributed by atoms with van der Waals surface area (Å²) in [5, 5.41) is 16.5. The average molecular weight is 555 g/mol. The molecule has 33 heavy (non-hydrogen) atoms. The Balaban J connectivity index is 1.57. The minimum Gasteiger partial charge on any atom is -0.507 e. The van der Waals surface area contributed by atoms with Gasteiger partial charge < -0.3 is 19.9 Å². The molecule has 0 aliphatic carbocycles. The predicted molar refractivity (Wildman–Crippen MR) is 131 cm³/mol. The van der Waals surface area contributed by atoms with Crippen molar-refractivity contribution in [1.82, 2.24) is 10.7 Å². The molecular weight excluding hydrogens is 537 g/mol. The maximum atomic E-state index is 12.9. The molecule has 0 fully saturated rings. The van der Waals surface area contributed by atoms with Gasteiger partial charge in [0.05, 0.1) is 6.21 Å². The van der Waals surface area contributed by atoms with E-state index in [-0.39, 0.29) is 18.2 Å². The Labute approximate surface area is 203 Å². The number of ether oxygens (including phenoxy) is 2. The standard InChI is InChI=1S/C24H18IN3O5/c25-18-7-8-20(29)17(12-18)13-26-28-24(31)19(27-23(30)16-4-2-1-3-5-16)10-15-6-9-21-22(11-15)33-14-32-21/h1-13,29H,14H2,(H,27,30)(H,28,31)/b19-10+,26-13+. The molecule has 0 bridgehead atoms. The monoisotopic (exact) mass is 555 g/mol. The maximum Gasteiger partial charge on any atom is 0.287 e. The van der Waals surface area contributed by atoms with Crippen LogP contribution in [0.25, 0.3) is 6.08 Å². The number of phenols is 1. The van der Waals surface area contributed by atoms with E-state index in [2.05, 4.69) is 38.4 Å². The number of carbonyl (C=O) groups is 2. The second kappa shape index (κ2) is 10.2. The highest BCUT2D eigenvalue weighted by molar-refractivity contribution is 14.1. The van der Waals surface area contributed by atoms with Gasteiger partial charge in [0.1, 0.15) is 11.4 Å². The first kappa shape index (κ1) is 22.3. The average Bonchev–Trinajstić information content (AvgIpc) is 3.29. The van der Waals surface area contributed by atoms with E-state index in [4.69, 9.17) is 9.47 Å². The van der Waals surface area contributed by atoms with Crippen molar-refractivity contribution in [2.75, 3.05) is 6.79 Å². The van der Waals surface area contributed by atoms with Gasteiger partial charge in [0.15, 0.2) is 11.5 Å². The van der Waals surface area contributed by atoms with E-state index in [1.165, 1.54) is 18.4 Å². The number of hydrogen-bond acceptors (Lipinski definition) is 6. The van der Waals surface area contributed by atoms with Crippen LogP contribution < -0.4 is 20.2 Å². The molecule has 2 amide bonds. The molecule has 0 radical (unpaired) electrons. The molecule has 1 aliphatic heterocycles. The van der Waals surface area contributed by atoms with E-state index in [0.29, 0.717) is 28.2 Å². The number of nitrogens with zero attached hydrogens (tertiary/aromatic N) is 1. The number of benzene rings is 3. The summed E-state index contributed by atoms with van der Waals surface area (Å²) in [6, 6.07) is 18.7. The number of carbonyl (C=O) groups excluding carboxylic acids is 2. The Bertz CT molecular complexity index is 1260. The summed E-state index contributed by atoms with van der Waals surface area (Å²) >= 11 is 2.11. The largest absolute Gasteiger partial charge is 0.507 e. The smallest absolute Gasteiger partial charge is 0.287 e. The van der Waals surface area contributed by atoms with Crippen LogP contribution in [-0.2, 0) is 4.79 Å². The molecule has 0 aromatic heterocycles. The molecule has 3 aromatic carbocycles. The van der Waals surface area contributed by atoms with Crippen LogP contribution >= 0.6 is 22.6 Å². The number of rotatable bonds is 6. The SMILES string of the molecule is O=C(N/N=C/c1cc(I)ccc1O)/C(=C\c1ccc2c(c1)OCO2)NC(=O)c1ccccc1. The number of fused-ring (bicyclic) bond motifs is 1. The fraction of sp³-hybridized carbons (Fsp3) is 0.0417. The van der Waals surface area contributed by atoms with Crippen molar-refractivity contribution in [3.8, 4) is 17.2 Å². The Morgan fingerprint density at radius 1 is 1.00 bits per heavy atom. The van der Waals surface area contributed by atoms with E-state index in [9.17, 15) is 14.7 Å². The van der Waals surface area contributed by atoms with Gasteiger partial charge in [0.2, 0.25) is 6.79 Å². The van der Waals surface area contributed by atoms with Gasteiger partial charge >= 0.3 is 0 Å². The van der Waals surface area contributed by atoms with Gasteiger partial charge in [-0.25, -0.2) is 5.43 Å². The summed E-state index contributed by atoms with van der Waals surface area (Å²) in [5.41, 5.74) is 3.82. The molecule has 4 rings (SSSR count). The molecular formula is C24H18IN3O5. The summed E-state index contributed by atoms with van der Waals surface area (Å²) in [6.45, 7) is 0.126. The predicted octanol–water partition coefficient (Wildman–Crippen LogP) is 3.65. The van der Waals surface area contributed by atoms with Crippen LogP contribution in [0.5, 0.6) is 17.2 Å². The molecule has 1 heterocycles. The van der Waals surface area contributed by atoms with E-state index in [1.807, 2.05) is 0 Å². The van der Waals surface area contributed by atoms with Gasteiger partial charge in [0, 0.05) is 14.7 Å². The molecule has 8 nitrogen and oxygen atoms in total. The topological polar surface area (TPSA) is 109 Å². The van der Waals surface area contributed by atoms with Crippen LogP contribution in [0.4, 0.5) is 0 Å². The lowest BCUT2D eigenvalue weighted by Crippen LogP contribution is -2.32. The minimum atomic E-state index is -0.640. The lowest BCUT2D eigenvalue weighted by Gasteiger charge is -2.09. The summed E-state index contributed by atoms with van der Waals surface area (Å²) in [4.78, 5) is 25.5. The number of halogens is 1. The second-order valence-corrected chi connectivity index (χ2v) is 8.14. The molecule has 0 atom stereocenters. The van der Waals surface area contributed by atoms with Crippen LogP contribution in [-0.4, -0.2) is 29.9 Å². The van der Waals surface area contributed by atoms with Crippen molar-refractivity contribution in [1.29, 1.82) is 0 Å². The molecule has 0 saturated carbocycles. The molecule has 9 heteroatoms. The van der Waals surface area contributed by atoms with E-state index in [1.54, 1.807) is 60.7 Å². The molecule has 0 spiro atoms. The Hall–Kier alpha value is -3.86. The Morgan fingerprint density at radius 3 is 2.61 bits per heavy atom. The third kappa shape index (κ3) is 5.69. The Kier molecular flexibility index (Phi) is 6.89. The molecule has 1 aliphatic rings. The number of aromatic hydroxyl groups is 1. The highest BCUT2D eigenvalue weighted by Gasteiger charge is 2.17. The highest BCUT2D eigenvalue weighted by Crippen LogP contribution is 2.33. The normalized spacial score (nSPS) is 12.6. The first-order chi connectivity index (χ1) is 16.0. The maximum absolute atomic E-state index is 12.9. The number of phenolic OH excluding ortho intramolecular Hbond substituents is 1. The third-order valence-electron chi connectivity index (χ3n) is 4.60. The quantitative estimate of drug-likeness (QED) is 0.186. The minimum absolute atomic E-state index is 0.0215. The number of amides is 2. The van der Waals surface area contributed by atoms with E-state index in [0.717, 1.165) is 3.57 Å². The van der Waals surface area contributed by atoms with Crippen molar-refractivity contribution >= 4 is 46.7 Å². The first-order valence-corrected chi connectivity index (χ1v) is 10.9. The zero-order valence-electron chi connectivity index (χ0n) is 17.1. The third-order valence-corrected chi connectivity index (χ3v) is 5.27. The Morgan fingerprint density at radius 2 is 1.79 bits per heavy atom. The van der Waals surface area contributed by atoms with Crippen LogP contribution in [0, 0.1) is 3.57 Å². The summed E-state index contributed by atoms with van der Waals surface area (Å²) in [6.07, 6.45) is 2.84. The summed E-state index contributed by atoms with van der Waals surface area (Å²) in [7, 11) is 0. The van der Waals surface area contributed by atoms with Crippen LogP contribution in [0.3, 0.4) is 0 Å². The molecule has 0 saturated heterocycles. The molecule has 3 N–H and O–H groups in total. The van der Waals surface area contributed by atoms with Crippen molar-refractivity contribution in [3.05, 3.63) is 92.7 Å². The van der Waals surface area contributed by atoms with Gasteiger partial charge in [-0.05, 0) is 76.7 Å². The fourth-order valence-corrected chi connectivity index (χ4v) is 3.48. The summed E-state index contributed by atoms with van der Waals surface area (Å²) in [5.74, 6) is 0.0932. The zero-order valence-corrected chi connectivity index (χ0v) is 19.3. The van der Waals surface area contributed by atoms with Crippen molar-refractivity contribution in [2.45, 2.75) is 0 Å².